The minimum absolute atomic E-state index is 0.253. The van der Waals surface area contributed by atoms with Gasteiger partial charge in [-0.2, -0.15) is 5.26 Å². The Bertz CT molecular complexity index is 885. The van der Waals surface area contributed by atoms with E-state index in [1.807, 2.05) is 6.92 Å². The fraction of sp³-hybridized carbons (Fsp3) is 0.312. The van der Waals surface area contributed by atoms with E-state index in [2.05, 4.69) is 20.6 Å². The van der Waals surface area contributed by atoms with Crippen LogP contribution in [0.15, 0.2) is 35.0 Å². The molecule has 0 fully saturated rings. The zero-order chi connectivity index (χ0) is 17.2. The monoisotopic (exact) mass is 328 g/mol. The van der Waals surface area contributed by atoms with Gasteiger partial charge in [-0.05, 0) is 24.6 Å². The summed E-state index contributed by atoms with van der Waals surface area (Å²) in [5.74, 6) is -0.670. The summed E-state index contributed by atoms with van der Waals surface area (Å²) in [5.41, 5.74) is 2.62. The van der Waals surface area contributed by atoms with Crippen LogP contribution in [-0.2, 0) is 10.0 Å². The Morgan fingerprint density at radius 3 is 2.70 bits per heavy atom. The summed E-state index contributed by atoms with van der Waals surface area (Å²) in [6.45, 7) is 11.0. The molecule has 0 aromatic heterocycles. The summed E-state index contributed by atoms with van der Waals surface area (Å²) in [6.07, 6.45) is 1.08. The Kier molecular flexibility index (Phi) is 4.53. The molecular weight excluding hydrogens is 312 g/mol. The number of hydrogen-bond donors (Lipinski definition) is 1. The van der Waals surface area contributed by atoms with Crippen LogP contribution in [0.25, 0.3) is 10.5 Å². The second-order valence-electron chi connectivity index (χ2n) is 5.45. The standard InChI is InChI=1S/C16H16N4O2S/c1-10-14(9-17)11(2)19-16(15(10)18-3)12-6-5-7-13(8-12)20-23(4,21)22/h5-8,10,14,20H,1-2,4H3/t10-,14?/m1/s1. The molecule has 0 spiro atoms. The average molecular weight is 328 g/mol. The first kappa shape index (κ1) is 16.7. The van der Waals surface area contributed by atoms with Crippen LogP contribution in [0.2, 0.25) is 0 Å². The number of aliphatic imine (C=N–C) groups is 1. The molecule has 0 radical (unpaired) electrons. The number of anilines is 1. The molecule has 1 aromatic carbocycles. The first-order valence-electron chi connectivity index (χ1n) is 6.91. The first-order chi connectivity index (χ1) is 10.8. The Labute approximate surface area is 136 Å². The van der Waals surface area contributed by atoms with Crippen LogP contribution in [0.5, 0.6) is 0 Å². The van der Waals surface area contributed by atoms with Crippen molar-refractivity contribution in [3.05, 3.63) is 46.9 Å². The molecule has 1 N–H and O–H groups in total. The van der Waals surface area contributed by atoms with E-state index in [0.717, 1.165) is 6.26 Å². The molecule has 0 amide bonds. The highest BCUT2D eigenvalue weighted by atomic mass is 32.2. The van der Waals surface area contributed by atoms with Crippen molar-refractivity contribution in [2.24, 2.45) is 16.8 Å². The third-order valence-corrected chi connectivity index (χ3v) is 4.22. The van der Waals surface area contributed by atoms with Crippen LogP contribution in [0.3, 0.4) is 0 Å². The Hall–Kier alpha value is -2.64. The molecule has 0 bridgehead atoms. The van der Waals surface area contributed by atoms with E-state index in [0.29, 0.717) is 28.4 Å². The maximum absolute atomic E-state index is 11.4. The number of sulfonamides is 1. The molecule has 1 aliphatic heterocycles. The fourth-order valence-electron chi connectivity index (χ4n) is 2.55. The van der Waals surface area contributed by atoms with Crippen LogP contribution in [-0.4, -0.2) is 20.4 Å². The van der Waals surface area contributed by atoms with Crippen molar-refractivity contribution in [2.75, 3.05) is 11.0 Å². The Morgan fingerprint density at radius 1 is 1.43 bits per heavy atom. The maximum Gasteiger partial charge on any atom is 0.229 e. The predicted molar refractivity (Wildman–Crippen MR) is 89.8 cm³/mol. The molecule has 1 aliphatic rings. The van der Waals surface area contributed by atoms with E-state index in [1.165, 1.54) is 0 Å². The quantitative estimate of drug-likeness (QED) is 0.866. The van der Waals surface area contributed by atoms with Gasteiger partial charge in [0.15, 0.2) is 5.70 Å². The third-order valence-electron chi connectivity index (χ3n) is 3.61. The summed E-state index contributed by atoms with van der Waals surface area (Å²) in [4.78, 5) is 7.98. The largest absolute Gasteiger partial charge is 0.284 e. The lowest BCUT2D eigenvalue weighted by molar-refractivity contribution is 0.607. The van der Waals surface area contributed by atoms with Crippen LogP contribution < -0.4 is 4.72 Å². The van der Waals surface area contributed by atoms with Crippen molar-refractivity contribution in [1.29, 1.82) is 5.26 Å². The Balaban J connectivity index is 2.55. The molecule has 23 heavy (non-hydrogen) atoms. The van der Waals surface area contributed by atoms with Crippen molar-refractivity contribution in [3.8, 4) is 6.07 Å². The van der Waals surface area contributed by atoms with Gasteiger partial charge in [-0.1, -0.05) is 19.1 Å². The molecular formula is C16H16N4O2S. The van der Waals surface area contributed by atoms with Crippen molar-refractivity contribution in [2.45, 2.75) is 13.8 Å². The van der Waals surface area contributed by atoms with Gasteiger partial charge in [0.1, 0.15) is 0 Å². The van der Waals surface area contributed by atoms with Gasteiger partial charge < -0.3 is 0 Å². The normalized spacial score (nSPS) is 21.2. The third kappa shape index (κ3) is 3.58. The molecule has 1 aromatic rings. The number of hydrogen-bond acceptors (Lipinski definition) is 4. The minimum atomic E-state index is -3.38. The van der Waals surface area contributed by atoms with Gasteiger partial charge in [0.25, 0.3) is 0 Å². The van der Waals surface area contributed by atoms with Crippen molar-refractivity contribution in [1.82, 2.24) is 0 Å². The smallest absolute Gasteiger partial charge is 0.229 e. The van der Waals surface area contributed by atoms with Crippen LogP contribution in [0.1, 0.15) is 19.4 Å². The number of rotatable bonds is 3. The average Bonchev–Trinajstić information content (AvgIpc) is 2.45. The lowest BCUT2D eigenvalue weighted by Gasteiger charge is -2.24. The SMILES string of the molecule is [C-]#[N+]C1=C(c2cccc(NS(C)(=O)=O)c2)N=C(C)C(C#N)[C@H]1C. The second kappa shape index (κ2) is 6.23. The van der Waals surface area contributed by atoms with Crippen LogP contribution in [0, 0.1) is 29.7 Å². The fourth-order valence-corrected chi connectivity index (χ4v) is 3.11. The molecule has 0 aliphatic carbocycles. The second-order valence-corrected chi connectivity index (χ2v) is 7.20. The molecule has 0 saturated heterocycles. The number of nitriles is 1. The van der Waals surface area contributed by atoms with Gasteiger partial charge in [0, 0.05) is 17.3 Å². The number of allylic oxidation sites excluding steroid dienone is 1. The van der Waals surface area contributed by atoms with E-state index in [4.69, 9.17) is 6.57 Å². The molecule has 2 rings (SSSR count). The molecule has 7 heteroatoms. The summed E-state index contributed by atoms with van der Waals surface area (Å²) < 4.78 is 25.1. The first-order valence-corrected chi connectivity index (χ1v) is 8.80. The summed E-state index contributed by atoms with van der Waals surface area (Å²) >= 11 is 0. The topological polar surface area (TPSA) is 86.7 Å². The van der Waals surface area contributed by atoms with Crippen molar-refractivity contribution < 1.29 is 8.42 Å². The summed E-state index contributed by atoms with van der Waals surface area (Å²) in [5, 5.41) is 9.24. The van der Waals surface area contributed by atoms with Gasteiger partial charge in [0.2, 0.25) is 10.0 Å². The molecule has 6 nitrogen and oxygen atoms in total. The molecule has 0 saturated carbocycles. The van der Waals surface area contributed by atoms with Gasteiger partial charge in [-0.15, -0.1) is 0 Å². The molecule has 118 valence electrons. The van der Waals surface area contributed by atoms with E-state index in [1.54, 1.807) is 31.2 Å². The molecule has 1 unspecified atom stereocenters. The van der Waals surface area contributed by atoms with E-state index >= 15 is 0 Å². The van der Waals surface area contributed by atoms with Crippen LogP contribution in [0.4, 0.5) is 5.69 Å². The van der Waals surface area contributed by atoms with Gasteiger partial charge >= 0.3 is 0 Å². The summed E-state index contributed by atoms with van der Waals surface area (Å²) in [7, 11) is -3.38. The number of benzene rings is 1. The van der Waals surface area contributed by atoms with E-state index in [9.17, 15) is 13.7 Å². The number of nitrogens with one attached hydrogen (secondary N) is 1. The summed E-state index contributed by atoms with van der Waals surface area (Å²) in [6, 6.07) is 8.91. The van der Waals surface area contributed by atoms with Crippen LogP contribution >= 0.6 is 0 Å². The van der Waals surface area contributed by atoms with E-state index < -0.39 is 15.9 Å². The van der Waals surface area contributed by atoms with Crippen molar-refractivity contribution >= 4 is 27.1 Å². The zero-order valence-corrected chi connectivity index (χ0v) is 13.8. The lowest BCUT2D eigenvalue weighted by atomic mass is 9.84. The highest BCUT2D eigenvalue weighted by molar-refractivity contribution is 7.92. The van der Waals surface area contributed by atoms with Gasteiger partial charge in [-0.3, -0.25) is 9.71 Å². The maximum atomic E-state index is 11.4. The highest BCUT2D eigenvalue weighted by Crippen LogP contribution is 2.36. The highest BCUT2D eigenvalue weighted by Gasteiger charge is 2.31. The van der Waals surface area contributed by atoms with Gasteiger partial charge in [0.05, 0.1) is 30.5 Å². The number of nitrogens with zero attached hydrogens (tertiary/aromatic N) is 3. The Morgan fingerprint density at radius 2 is 2.13 bits per heavy atom. The predicted octanol–water partition coefficient (Wildman–Crippen LogP) is 2.90. The molecule has 1 heterocycles. The molecule has 2 atom stereocenters. The van der Waals surface area contributed by atoms with Crippen molar-refractivity contribution in [3.63, 3.8) is 0 Å². The van der Waals surface area contributed by atoms with Gasteiger partial charge in [-0.25, -0.2) is 13.3 Å². The zero-order valence-electron chi connectivity index (χ0n) is 13.0. The lowest BCUT2D eigenvalue weighted by Crippen LogP contribution is -2.23. The van der Waals surface area contributed by atoms with E-state index in [-0.39, 0.29) is 5.92 Å². The minimum Gasteiger partial charge on any atom is -0.284 e.